The number of likely N-dealkylation sites (tertiary alicyclic amines) is 1. The van der Waals surface area contributed by atoms with E-state index in [1.54, 1.807) is 29.2 Å². The molecule has 8 nitrogen and oxygen atoms in total. The first-order valence-corrected chi connectivity index (χ1v) is 14.4. The molecule has 0 atom stereocenters. The third-order valence-corrected chi connectivity index (χ3v) is 8.60. The number of ketones is 1. The van der Waals surface area contributed by atoms with E-state index in [2.05, 4.69) is 15.9 Å². The number of amides is 2. The molecule has 1 aliphatic heterocycles. The van der Waals surface area contributed by atoms with Crippen LogP contribution in [0.4, 0.5) is 0 Å². The number of imidazole rings is 1. The number of nitrogens with zero attached hydrogens (tertiary/aromatic N) is 4. The summed E-state index contributed by atoms with van der Waals surface area (Å²) in [6.07, 6.45) is 1.14. The minimum atomic E-state index is -0.309. The summed E-state index contributed by atoms with van der Waals surface area (Å²) in [5.41, 5.74) is 9.68. The molecule has 10 heteroatoms. The summed E-state index contributed by atoms with van der Waals surface area (Å²) in [5.74, 6) is -0.397. The van der Waals surface area contributed by atoms with Gasteiger partial charge in [0.25, 0.3) is 5.91 Å². The van der Waals surface area contributed by atoms with Crippen molar-refractivity contribution in [2.24, 2.45) is 11.7 Å². The summed E-state index contributed by atoms with van der Waals surface area (Å²) >= 11 is 4.75. The molecule has 2 amide bonds. The van der Waals surface area contributed by atoms with Crippen molar-refractivity contribution in [2.45, 2.75) is 18.0 Å². The van der Waals surface area contributed by atoms with Gasteiger partial charge in [-0.05, 0) is 55.3 Å². The van der Waals surface area contributed by atoms with E-state index in [0.29, 0.717) is 47.7 Å². The maximum absolute atomic E-state index is 13.3. The fraction of sp³-hybridized carbons (Fsp3) is 0.207. The second-order valence-corrected chi connectivity index (χ2v) is 11.4. The summed E-state index contributed by atoms with van der Waals surface area (Å²) < 4.78 is 2.89. The third kappa shape index (κ3) is 4.90. The summed E-state index contributed by atoms with van der Waals surface area (Å²) in [5, 5.41) is 1.45. The Labute approximate surface area is 236 Å². The first kappa shape index (κ1) is 25.5. The Morgan fingerprint density at radius 2 is 1.64 bits per heavy atom. The number of carbonyl (C=O) groups is 3. The number of aromatic nitrogens is 3. The SMILES string of the molecule is NC(=O)C1CCN(C(=O)c2ccc3c(c2)nc(SCC(=O)c2ccc(Br)cc2)n2c4ccccc4nc32)CC1. The number of rotatable bonds is 6. The van der Waals surface area contributed by atoms with Crippen molar-refractivity contribution < 1.29 is 14.4 Å². The molecule has 2 aromatic heterocycles. The molecule has 1 saturated heterocycles. The number of Topliss-reactive ketones (excluding diaryl/α,β-unsaturated/α-hetero) is 1. The van der Waals surface area contributed by atoms with Gasteiger partial charge in [-0.25, -0.2) is 9.97 Å². The number of hydrogen-bond donors (Lipinski definition) is 1. The number of para-hydroxylation sites is 2. The molecule has 196 valence electrons. The minimum Gasteiger partial charge on any atom is -0.369 e. The largest absolute Gasteiger partial charge is 0.369 e. The molecular formula is C29H24BrN5O3S. The lowest BCUT2D eigenvalue weighted by Gasteiger charge is -2.30. The van der Waals surface area contributed by atoms with Crippen molar-refractivity contribution in [3.63, 3.8) is 0 Å². The second-order valence-electron chi connectivity index (χ2n) is 9.57. The smallest absolute Gasteiger partial charge is 0.253 e. The number of halogens is 1. The van der Waals surface area contributed by atoms with E-state index >= 15 is 0 Å². The molecule has 0 aliphatic carbocycles. The molecule has 6 rings (SSSR count). The summed E-state index contributed by atoms with van der Waals surface area (Å²) in [7, 11) is 0. The molecule has 2 N–H and O–H groups in total. The van der Waals surface area contributed by atoms with Crippen LogP contribution in [0.3, 0.4) is 0 Å². The van der Waals surface area contributed by atoms with Crippen molar-refractivity contribution in [1.29, 1.82) is 0 Å². The Bertz CT molecular complexity index is 1760. The van der Waals surface area contributed by atoms with Gasteiger partial charge in [-0.3, -0.25) is 18.8 Å². The van der Waals surface area contributed by atoms with Crippen molar-refractivity contribution in [3.8, 4) is 0 Å². The number of hydrogen-bond acceptors (Lipinski definition) is 6. The zero-order valence-electron chi connectivity index (χ0n) is 20.8. The molecule has 3 heterocycles. The van der Waals surface area contributed by atoms with Crippen LogP contribution in [0, 0.1) is 5.92 Å². The van der Waals surface area contributed by atoms with Crippen molar-refractivity contribution >= 4 is 72.9 Å². The zero-order valence-corrected chi connectivity index (χ0v) is 23.2. The summed E-state index contributed by atoms with van der Waals surface area (Å²) in [6.45, 7) is 0.976. The van der Waals surface area contributed by atoms with Gasteiger partial charge in [0.1, 0.15) is 5.65 Å². The van der Waals surface area contributed by atoms with Crippen LogP contribution in [-0.4, -0.2) is 55.7 Å². The van der Waals surface area contributed by atoms with Crippen molar-refractivity contribution in [3.05, 3.63) is 82.3 Å². The van der Waals surface area contributed by atoms with Crippen LogP contribution in [0.1, 0.15) is 33.6 Å². The van der Waals surface area contributed by atoms with Crippen LogP contribution >= 0.6 is 27.7 Å². The molecule has 1 aliphatic rings. The summed E-state index contributed by atoms with van der Waals surface area (Å²) in [6, 6.07) is 20.6. The van der Waals surface area contributed by atoms with Gasteiger partial charge in [0.05, 0.1) is 22.3 Å². The van der Waals surface area contributed by atoms with E-state index in [1.807, 2.05) is 46.9 Å². The fourth-order valence-corrected chi connectivity index (χ4v) is 6.16. The maximum Gasteiger partial charge on any atom is 0.253 e. The quantitative estimate of drug-likeness (QED) is 0.164. The Morgan fingerprint density at radius 3 is 2.38 bits per heavy atom. The number of piperidine rings is 1. The average molecular weight is 603 g/mol. The molecule has 39 heavy (non-hydrogen) atoms. The monoisotopic (exact) mass is 601 g/mol. The highest BCUT2D eigenvalue weighted by Crippen LogP contribution is 2.30. The Kier molecular flexibility index (Phi) is 6.82. The van der Waals surface area contributed by atoms with Crippen molar-refractivity contribution in [2.75, 3.05) is 18.8 Å². The Morgan fingerprint density at radius 1 is 0.923 bits per heavy atom. The first-order valence-electron chi connectivity index (χ1n) is 12.6. The highest BCUT2D eigenvalue weighted by molar-refractivity contribution is 9.10. The molecule has 0 unspecified atom stereocenters. The molecule has 3 aromatic carbocycles. The normalized spacial score (nSPS) is 14.3. The van der Waals surface area contributed by atoms with Crippen LogP contribution in [0.25, 0.3) is 27.6 Å². The molecule has 0 spiro atoms. The lowest BCUT2D eigenvalue weighted by molar-refractivity contribution is -0.123. The van der Waals surface area contributed by atoms with Crippen LogP contribution in [0.2, 0.25) is 0 Å². The first-order chi connectivity index (χ1) is 18.9. The van der Waals surface area contributed by atoms with Gasteiger partial charge in [0, 0.05) is 40.0 Å². The summed E-state index contributed by atoms with van der Waals surface area (Å²) in [4.78, 5) is 49.3. The second kappa shape index (κ2) is 10.4. The molecule has 0 bridgehead atoms. The van der Waals surface area contributed by atoms with Crippen molar-refractivity contribution in [1.82, 2.24) is 19.3 Å². The van der Waals surface area contributed by atoms with Gasteiger partial charge in [0.2, 0.25) is 5.91 Å². The van der Waals surface area contributed by atoms with Gasteiger partial charge >= 0.3 is 0 Å². The van der Waals surface area contributed by atoms with Crippen LogP contribution in [-0.2, 0) is 4.79 Å². The van der Waals surface area contributed by atoms with Crippen LogP contribution in [0.5, 0.6) is 0 Å². The third-order valence-electron chi connectivity index (χ3n) is 7.14. The van der Waals surface area contributed by atoms with Crippen LogP contribution in [0.15, 0.2) is 76.4 Å². The number of nitrogens with two attached hydrogens (primary N) is 1. The van der Waals surface area contributed by atoms with Crippen LogP contribution < -0.4 is 5.73 Å². The number of primary amides is 1. The maximum atomic E-state index is 13.3. The zero-order chi connectivity index (χ0) is 27.1. The number of thioether (sulfide) groups is 1. The van der Waals surface area contributed by atoms with Gasteiger partial charge in [-0.15, -0.1) is 0 Å². The highest BCUT2D eigenvalue weighted by atomic mass is 79.9. The average Bonchev–Trinajstić information content (AvgIpc) is 3.35. The lowest BCUT2D eigenvalue weighted by atomic mass is 9.96. The van der Waals surface area contributed by atoms with Gasteiger partial charge in [-0.2, -0.15) is 0 Å². The Balaban J connectivity index is 1.37. The number of benzene rings is 3. The standard InChI is InChI=1S/C29H24BrN5O3S/c30-20-8-5-17(6-9-20)25(36)16-39-29-33-23-15-19(28(38)34-13-11-18(12-14-34)26(31)37)7-10-21(23)27-32-22-3-1-2-4-24(22)35(27)29/h1-10,15,18H,11-14,16H2,(H2,31,37). The highest BCUT2D eigenvalue weighted by Gasteiger charge is 2.27. The van der Waals surface area contributed by atoms with E-state index in [0.717, 1.165) is 26.5 Å². The minimum absolute atomic E-state index is 0.00439. The molecule has 0 saturated carbocycles. The van der Waals surface area contributed by atoms with Gasteiger partial charge in [0.15, 0.2) is 10.9 Å². The van der Waals surface area contributed by atoms with E-state index in [4.69, 9.17) is 15.7 Å². The Hall–Kier alpha value is -3.76. The van der Waals surface area contributed by atoms with E-state index < -0.39 is 0 Å². The van der Waals surface area contributed by atoms with E-state index in [9.17, 15) is 14.4 Å². The predicted octanol–water partition coefficient (Wildman–Crippen LogP) is 5.11. The topological polar surface area (TPSA) is 111 Å². The van der Waals surface area contributed by atoms with Gasteiger partial charge in [-0.1, -0.05) is 52.0 Å². The molecule has 5 aromatic rings. The number of fused-ring (bicyclic) bond motifs is 5. The van der Waals surface area contributed by atoms with E-state index in [1.165, 1.54) is 11.8 Å². The lowest BCUT2D eigenvalue weighted by Crippen LogP contribution is -2.41. The van der Waals surface area contributed by atoms with Gasteiger partial charge < -0.3 is 10.6 Å². The fourth-order valence-electron chi connectivity index (χ4n) is 5.00. The number of carbonyl (C=O) groups excluding carboxylic acids is 3. The van der Waals surface area contributed by atoms with E-state index in [-0.39, 0.29) is 29.3 Å². The molecule has 0 radical (unpaired) electrons. The molecular weight excluding hydrogens is 578 g/mol. The predicted molar refractivity (Wildman–Crippen MR) is 155 cm³/mol. The molecule has 1 fully saturated rings.